The van der Waals surface area contributed by atoms with Crippen molar-refractivity contribution in [1.82, 2.24) is 15.4 Å². The number of amides is 1. The van der Waals surface area contributed by atoms with E-state index in [-0.39, 0.29) is 29.7 Å². The molecule has 6 heteroatoms. The molecular weight excluding hydrogens is 352 g/mol. The quantitative estimate of drug-likeness (QED) is 0.529. The highest BCUT2D eigenvalue weighted by Gasteiger charge is 2.12. The number of rotatable bonds is 5. The van der Waals surface area contributed by atoms with Gasteiger partial charge in [-0.1, -0.05) is 57.2 Å². The average molecular weight is 376 g/mol. The predicted octanol–water partition coefficient (Wildman–Crippen LogP) is 3.30. The van der Waals surface area contributed by atoms with Crippen LogP contribution < -0.4 is 11.0 Å². The largest absolute Gasteiger partial charge is 0.319 e. The van der Waals surface area contributed by atoms with Crippen LogP contribution in [0.3, 0.4) is 0 Å². The molecule has 0 aliphatic carbocycles. The number of carbonyl (C=O) groups excluding carboxylic acids is 1. The Kier molecular flexibility index (Phi) is 5.68. The first-order valence-electron chi connectivity index (χ1n) is 9.23. The fraction of sp³-hybridized carbons (Fsp3) is 0.273. The van der Waals surface area contributed by atoms with Crippen LogP contribution in [-0.2, 0) is 16.6 Å². The van der Waals surface area contributed by atoms with Gasteiger partial charge >= 0.3 is 0 Å². The maximum atomic E-state index is 12.1. The second-order valence-corrected chi connectivity index (χ2v) is 7.69. The molecule has 0 atom stereocenters. The number of H-pyrrole nitrogens is 1. The van der Waals surface area contributed by atoms with Crippen LogP contribution in [0.15, 0.2) is 58.4 Å². The molecule has 1 heterocycles. The molecule has 0 radical (unpaired) electrons. The van der Waals surface area contributed by atoms with Crippen LogP contribution in [0.1, 0.15) is 44.0 Å². The first-order chi connectivity index (χ1) is 13.3. The number of aryl methyl sites for hydroxylation is 1. The van der Waals surface area contributed by atoms with Gasteiger partial charge in [-0.05, 0) is 28.7 Å². The lowest BCUT2D eigenvalue weighted by molar-refractivity contribution is -0.121. The summed E-state index contributed by atoms with van der Waals surface area (Å²) >= 11 is 0. The minimum atomic E-state index is -0.270. The predicted molar refractivity (Wildman–Crippen MR) is 112 cm³/mol. The first-order valence-corrected chi connectivity index (χ1v) is 9.23. The molecule has 3 aromatic rings. The van der Waals surface area contributed by atoms with E-state index in [1.807, 2.05) is 30.3 Å². The molecule has 6 nitrogen and oxygen atoms in total. The van der Waals surface area contributed by atoms with E-state index >= 15 is 0 Å². The number of hydrogen-bond donors (Lipinski definition) is 2. The van der Waals surface area contributed by atoms with Gasteiger partial charge in [0.25, 0.3) is 5.56 Å². The Balaban J connectivity index is 1.55. The smallest absolute Gasteiger partial charge is 0.270 e. The average Bonchev–Trinajstić information content (AvgIpc) is 2.66. The zero-order chi connectivity index (χ0) is 20.1. The summed E-state index contributed by atoms with van der Waals surface area (Å²) in [6.45, 7) is 6.48. The molecule has 2 N–H and O–H groups in total. The van der Waals surface area contributed by atoms with Crippen LogP contribution in [0.25, 0.3) is 11.0 Å². The molecule has 28 heavy (non-hydrogen) atoms. The molecule has 3 rings (SSSR count). The van der Waals surface area contributed by atoms with E-state index < -0.39 is 0 Å². The van der Waals surface area contributed by atoms with Crippen LogP contribution in [-0.4, -0.2) is 22.1 Å². The third-order valence-corrected chi connectivity index (χ3v) is 4.44. The maximum Gasteiger partial charge on any atom is 0.270 e. The van der Waals surface area contributed by atoms with E-state index in [1.54, 1.807) is 12.3 Å². The number of aromatic nitrogens is 2. The van der Waals surface area contributed by atoms with Crippen molar-refractivity contribution in [3.05, 3.63) is 75.7 Å². The lowest BCUT2D eigenvalue weighted by Crippen LogP contribution is -2.21. The molecule has 0 aliphatic rings. The van der Waals surface area contributed by atoms with Crippen LogP contribution in [0, 0.1) is 0 Å². The van der Waals surface area contributed by atoms with Gasteiger partial charge in [-0.2, -0.15) is 5.10 Å². The SMILES string of the molecule is CC(C)(C)c1ccc(/C=N\NC(=O)CCc2nc3ccccc3[nH]c2=O)cc1. The highest BCUT2D eigenvalue weighted by Crippen LogP contribution is 2.21. The third kappa shape index (κ3) is 4.91. The number of benzene rings is 2. The number of nitrogens with zero attached hydrogens (tertiary/aromatic N) is 2. The molecule has 0 aliphatic heterocycles. The third-order valence-electron chi connectivity index (χ3n) is 4.44. The molecule has 0 saturated carbocycles. The van der Waals surface area contributed by atoms with Crippen molar-refractivity contribution in [3.63, 3.8) is 0 Å². The van der Waals surface area contributed by atoms with Crippen molar-refractivity contribution < 1.29 is 4.79 Å². The van der Waals surface area contributed by atoms with Gasteiger partial charge < -0.3 is 4.98 Å². The number of hydrazone groups is 1. The molecule has 0 fully saturated rings. The van der Waals surface area contributed by atoms with Crippen molar-refractivity contribution in [2.45, 2.75) is 39.0 Å². The molecule has 0 spiro atoms. The molecule has 144 valence electrons. The van der Waals surface area contributed by atoms with Crippen molar-refractivity contribution >= 4 is 23.2 Å². The molecule has 1 amide bonds. The van der Waals surface area contributed by atoms with E-state index in [0.717, 1.165) is 5.56 Å². The Labute approximate surface area is 163 Å². The second kappa shape index (κ2) is 8.17. The number of fused-ring (bicyclic) bond motifs is 1. The molecular formula is C22H24N4O2. The summed E-state index contributed by atoms with van der Waals surface area (Å²) in [6, 6.07) is 15.4. The number of aromatic amines is 1. The van der Waals surface area contributed by atoms with Crippen LogP contribution in [0.2, 0.25) is 0 Å². The molecule has 0 saturated heterocycles. The summed E-state index contributed by atoms with van der Waals surface area (Å²) in [6.07, 6.45) is 1.99. The Morgan fingerprint density at radius 2 is 1.86 bits per heavy atom. The normalized spacial score (nSPS) is 11.8. The van der Waals surface area contributed by atoms with Crippen LogP contribution in [0.5, 0.6) is 0 Å². The fourth-order valence-electron chi connectivity index (χ4n) is 2.77. The van der Waals surface area contributed by atoms with Crippen molar-refractivity contribution in [3.8, 4) is 0 Å². The number of nitrogens with one attached hydrogen (secondary N) is 2. The van der Waals surface area contributed by atoms with E-state index in [2.05, 4.69) is 53.4 Å². The highest BCUT2D eigenvalue weighted by atomic mass is 16.2. The summed E-state index contributed by atoms with van der Waals surface area (Å²) in [7, 11) is 0. The van der Waals surface area contributed by atoms with Gasteiger partial charge in [0.1, 0.15) is 5.69 Å². The van der Waals surface area contributed by atoms with E-state index in [1.165, 1.54) is 5.56 Å². The zero-order valence-corrected chi connectivity index (χ0v) is 16.3. The molecule has 0 bridgehead atoms. The number of carbonyl (C=O) groups is 1. The Morgan fingerprint density at radius 1 is 1.14 bits per heavy atom. The highest BCUT2D eigenvalue weighted by molar-refractivity contribution is 5.82. The lowest BCUT2D eigenvalue weighted by Gasteiger charge is -2.18. The van der Waals surface area contributed by atoms with Crippen molar-refractivity contribution in [2.75, 3.05) is 0 Å². The monoisotopic (exact) mass is 376 g/mol. The molecule has 2 aromatic carbocycles. The summed E-state index contributed by atoms with van der Waals surface area (Å²) in [4.78, 5) is 31.2. The Bertz CT molecular complexity index is 1060. The van der Waals surface area contributed by atoms with Gasteiger partial charge in [0.05, 0.1) is 17.2 Å². The van der Waals surface area contributed by atoms with Crippen molar-refractivity contribution in [1.29, 1.82) is 0 Å². The van der Waals surface area contributed by atoms with E-state index in [9.17, 15) is 9.59 Å². The van der Waals surface area contributed by atoms with Gasteiger partial charge in [0, 0.05) is 12.8 Å². The summed E-state index contributed by atoms with van der Waals surface area (Å²) in [5.41, 5.74) is 6.19. The summed E-state index contributed by atoms with van der Waals surface area (Å²) in [5.74, 6) is -0.267. The van der Waals surface area contributed by atoms with Gasteiger partial charge in [-0.15, -0.1) is 0 Å². The standard InChI is InChI=1S/C22H24N4O2/c1-22(2,3)16-10-8-15(9-11-16)14-23-26-20(27)13-12-19-21(28)25-18-7-5-4-6-17(18)24-19/h4-11,14H,12-13H2,1-3H3,(H,25,28)(H,26,27)/b23-14-. The minimum Gasteiger partial charge on any atom is -0.319 e. The second-order valence-electron chi connectivity index (χ2n) is 7.69. The first kappa shape index (κ1) is 19.5. The maximum absolute atomic E-state index is 12.1. The Morgan fingerprint density at radius 3 is 2.57 bits per heavy atom. The van der Waals surface area contributed by atoms with Crippen molar-refractivity contribution in [2.24, 2.45) is 5.10 Å². The van der Waals surface area contributed by atoms with Gasteiger partial charge in [0.15, 0.2) is 0 Å². The molecule has 0 unspecified atom stereocenters. The fourth-order valence-corrected chi connectivity index (χ4v) is 2.77. The van der Waals surface area contributed by atoms with Crippen LogP contribution >= 0.6 is 0 Å². The zero-order valence-electron chi connectivity index (χ0n) is 16.3. The van der Waals surface area contributed by atoms with Gasteiger partial charge in [0.2, 0.25) is 5.91 Å². The molecule has 1 aromatic heterocycles. The van der Waals surface area contributed by atoms with E-state index in [4.69, 9.17) is 0 Å². The summed E-state index contributed by atoms with van der Waals surface area (Å²) in [5, 5.41) is 3.99. The number of para-hydroxylation sites is 2. The lowest BCUT2D eigenvalue weighted by atomic mass is 9.87. The van der Waals surface area contributed by atoms with Gasteiger partial charge in [-0.25, -0.2) is 10.4 Å². The Hall–Kier alpha value is -3.28. The van der Waals surface area contributed by atoms with Crippen LogP contribution in [0.4, 0.5) is 0 Å². The number of hydrogen-bond acceptors (Lipinski definition) is 4. The van der Waals surface area contributed by atoms with E-state index in [0.29, 0.717) is 16.7 Å². The minimum absolute atomic E-state index is 0.0958. The topological polar surface area (TPSA) is 87.2 Å². The van der Waals surface area contributed by atoms with Gasteiger partial charge in [-0.3, -0.25) is 9.59 Å². The summed E-state index contributed by atoms with van der Waals surface area (Å²) < 4.78 is 0.